The van der Waals surface area contributed by atoms with Crippen molar-refractivity contribution in [1.29, 1.82) is 0 Å². The SMILES string of the molecule is C=Cc1c2[n-]c(c1C)/C=C1\[N-][C@H](Cc3[n-]c(c(C)c3CCC(=O)O)/C=c3\[n-]/c(c(C)c3C=C)=C\2)C(CCC(=O)O)=C1C.[Fe+4]. The predicted molar refractivity (Wildman–Crippen MR) is 164 cm³/mol. The van der Waals surface area contributed by atoms with E-state index in [1.807, 2.05) is 45.9 Å². The van der Waals surface area contributed by atoms with Gasteiger partial charge in [0.15, 0.2) is 0 Å². The summed E-state index contributed by atoms with van der Waals surface area (Å²) in [4.78, 5) is 38.0. The fourth-order valence-corrected chi connectivity index (χ4v) is 6.00. The van der Waals surface area contributed by atoms with E-state index in [4.69, 9.17) is 20.3 Å². The molecule has 8 nitrogen and oxygen atoms in total. The number of carboxylic acids is 2. The Morgan fingerprint density at radius 2 is 1.44 bits per heavy atom. The van der Waals surface area contributed by atoms with Crippen LogP contribution >= 0.6 is 0 Å². The molecule has 0 saturated carbocycles. The maximum atomic E-state index is 11.5. The van der Waals surface area contributed by atoms with Crippen LogP contribution < -0.4 is 25.7 Å². The van der Waals surface area contributed by atoms with E-state index in [0.29, 0.717) is 19.3 Å². The van der Waals surface area contributed by atoms with Gasteiger partial charge in [-0.3, -0.25) is 9.59 Å². The molecule has 0 saturated heterocycles. The molecule has 0 spiro atoms. The minimum atomic E-state index is -0.878. The molecule has 0 fully saturated rings. The number of aliphatic carboxylic acids is 2. The summed E-state index contributed by atoms with van der Waals surface area (Å²) in [6, 6.07) is -0.316. The Kier molecular flexibility index (Phi) is 9.28. The van der Waals surface area contributed by atoms with Crippen LogP contribution in [-0.2, 0) is 39.5 Å². The largest absolute Gasteiger partial charge is 4.00 e. The molecule has 1 atom stereocenters. The van der Waals surface area contributed by atoms with Gasteiger partial charge < -0.3 is 30.5 Å². The predicted octanol–water partition coefficient (Wildman–Crippen LogP) is 4.28. The van der Waals surface area contributed by atoms with E-state index < -0.39 is 11.9 Å². The van der Waals surface area contributed by atoms with Crippen LogP contribution in [0.2, 0.25) is 0 Å². The first-order valence-electron chi connectivity index (χ1n) is 14.0. The molecule has 3 aromatic rings. The molecule has 2 N–H and O–H groups in total. The van der Waals surface area contributed by atoms with Crippen LogP contribution in [0.25, 0.3) is 35.7 Å². The summed E-state index contributed by atoms with van der Waals surface area (Å²) in [5.74, 6) is -1.75. The van der Waals surface area contributed by atoms with Gasteiger partial charge in [0.1, 0.15) is 0 Å². The van der Waals surface area contributed by atoms with E-state index >= 15 is 0 Å². The second kappa shape index (κ2) is 12.6. The number of carbonyl (C=O) groups is 2. The van der Waals surface area contributed by atoms with E-state index in [1.165, 1.54) is 0 Å². The second-order valence-corrected chi connectivity index (χ2v) is 10.9. The molecule has 5 rings (SSSR count). The van der Waals surface area contributed by atoms with Crippen LogP contribution in [0.3, 0.4) is 0 Å². The van der Waals surface area contributed by atoms with Crippen molar-refractivity contribution in [3.05, 3.63) is 102 Å². The monoisotopic (exact) mass is 618 g/mol. The number of fused-ring (bicyclic) bond motifs is 8. The number of allylic oxidation sites excluding steroid dienone is 1. The van der Waals surface area contributed by atoms with Crippen molar-refractivity contribution >= 4 is 42.3 Å². The third-order valence-electron chi connectivity index (χ3n) is 8.43. The Labute approximate surface area is 261 Å². The van der Waals surface area contributed by atoms with E-state index in [1.54, 1.807) is 12.2 Å². The van der Waals surface area contributed by atoms with Gasteiger partial charge in [0.25, 0.3) is 0 Å². The molecule has 5 heterocycles. The maximum Gasteiger partial charge on any atom is 4.00 e. The Balaban J connectivity index is 0.00000423. The molecule has 43 heavy (non-hydrogen) atoms. The standard InChI is InChI=1S/C34H34N4O4.Fe/c1-7-21-17(3)25-13-26-19(5)23(9-11-33(39)40)31(37-26)16-32-24(10-12-34(41)42)20(6)28(38-32)15-30-22(8-2)18(4)27(36-30)14-29(21)35-25;/h7-8,13-15,31H,1-2,9-12,16H2,3-6H3,(H,39,40)(H,41,42);/q-4;+4/b26-13-,27-14-,30-15-;/t31-;/m1./s1. The summed E-state index contributed by atoms with van der Waals surface area (Å²) in [6.45, 7) is 16.0. The average molecular weight is 619 g/mol. The van der Waals surface area contributed by atoms with Crippen LogP contribution in [-0.4, -0.2) is 28.2 Å². The molecule has 9 heteroatoms. The Morgan fingerprint density at radius 3 is 2.09 bits per heavy atom. The normalized spacial score (nSPS) is 18.3. The first-order chi connectivity index (χ1) is 20.0. The summed E-state index contributed by atoms with van der Waals surface area (Å²) in [6.07, 6.45) is 10.6. The summed E-state index contributed by atoms with van der Waals surface area (Å²) in [5, 5.41) is 25.5. The van der Waals surface area contributed by atoms with Gasteiger partial charge in [-0.15, -0.1) is 33.5 Å². The molecule has 3 aromatic heterocycles. The summed E-state index contributed by atoms with van der Waals surface area (Å²) < 4.78 is 0. The molecule has 0 aliphatic carbocycles. The topological polar surface area (TPSA) is 131 Å². The van der Waals surface area contributed by atoms with Gasteiger partial charge in [0.05, 0.1) is 0 Å². The van der Waals surface area contributed by atoms with Crippen LogP contribution in [0.15, 0.2) is 30.0 Å². The molecule has 0 radical (unpaired) electrons. The van der Waals surface area contributed by atoms with Crippen molar-refractivity contribution in [2.75, 3.05) is 0 Å². The molecule has 0 amide bonds. The van der Waals surface area contributed by atoms with Crippen molar-refractivity contribution in [1.82, 2.24) is 15.0 Å². The Morgan fingerprint density at radius 1 is 0.814 bits per heavy atom. The van der Waals surface area contributed by atoms with E-state index in [2.05, 4.69) is 13.2 Å². The Hall–Kier alpha value is -4.20. The number of rotatable bonds is 8. The van der Waals surface area contributed by atoms with Gasteiger partial charge in [-0.05, 0) is 51.7 Å². The fraction of sp³-hybridized carbons (Fsp3) is 0.294. The zero-order valence-corrected chi connectivity index (χ0v) is 25.9. The van der Waals surface area contributed by atoms with Crippen molar-refractivity contribution in [2.45, 2.75) is 65.8 Å². The fourth-order valence-electron chi connectivity index (χ4n) is 6.00. The minimum Gasteiger partial charge on any atom is -0.678 e. The second-order valence-electron chi connectivity index (χ2n) is 10.9. The van der Waals surface area contributed by atoms with Gasteiger partial charge >= 0.3 is 29.0 Å². The van der Waals surface area contributed by atoms with Crippen molar-refractivity contribution < 1.29 is 36.9 Å². The van der Waals surface area contributed by atoms with Crippen LogP contribution in [0, 0.1) is 20.8 Å². The van der Waals surface area contributed by atoms with Crippen molar-refractivity contribution in [3.8, 4) is 0 Å². The van der Waals surface area contributed by atoms with E-state index in [-0.39, 0.29) is 36.0 Å². The molecule has 222 valence electrons. The third kappa shape index (κ3) is 6.01. The van der Waals surface area contributed by atoms with Crippen molar-refractivity contribution in [2.24, 2.45) is 0 Å². The summed E-state index contributed by atoms with van der Waals surface area (Å²) in [7, 11) is 0. The van der Waals surface area contributed by atoms with Gasteiger partial charge in [0, 0.05) is 12.8 Å². The van der Waals surface area contributed by atoms with E-state index in [9.17, 15) is 19.8 Å². The van der Waals surface area contributed by atoms with Crippen LogP contribution in [0.5, 0.6) is 0 Å². The van der Waals surface area contributed by atoms with Gasteiger partial charge in [-0.2, -0.15) is 5.69 Å². The quantitative estimate of drug-likeness (QED) is 0.361. The van der Waals surface area contributed by atoms with Crippen LogP contribution in [0.1, 0.15) is 82.3 Å². The number of nitrogens with zero attached hydrogens (tertiary/aromatic N) is 4. The molecule has 8 bridgehead atoms. The summed E-state index contributed by atoms with van der Waals surface area (Å²) in [5.41, 5.74) is 11.2. The average Bonchev–Trinajstić information content (AvgIpc) is 3.59. The zero-order chi connectivity index (χ0) is 30.3. The first-order valence-corrected chi connectivity index (χ1v) is 14.0. The van der Waals surface area contributed by atoms with E-state index in [0.717, 1.165) is 83.7 Å². The molecular formula is C34H34FeN4O4. The van der Waals surface area contributed by atoms with Gasteiger partial charge in [-0.1, -0.05) is 89.4 Å². The minimum absolute atomic E-state index is 0. The molecule has 0 unspecified atom stereocenters. The van der Waals surface area contributed by atoms with Gasteiger partial charge in [-0.25, -0.2) is 0 Å². The smallest absolute Gasteiger partial charge is 0.678 e. The number of aromatic nitrogens is 3. The number of hydrogen-bond acceptors (Lipinski definition) is 2. The number of hydrogen-bond donors (Lipinski definition) is 2. The van der Waals surface area contributed by atoms with Crippen LogP contribution in [0.4, 0.5) is 0 Å². The Bertz CT molecular complexity index is 1830. The van der Waals surface area contributed by atoms with Crippen molar-refractivity contribution in [3.63, 3.8) is 0 Å². The molecule has 2 aliphatic rings. The third-order valence-corrected chi connectivity index (χ3v) is 8.43. The zero-order valence-electron chi connectivity index (χ0n) is 24.8. The molecule has 2 aliphatic heterocycles. The maximum absolute atomic E-state index is 11.5. The number of carboxylic acid groups (broad SMARTS) is 2. The summed E-state index contributed by atoms with van der Waals surface area (Å²) >= 11 is 0. The molecular weight excluding hydrogens is 584 g/mol. The van der Waals surface area contributed by atoms with Gasteiger partial charge in [0.2, 0.25) is 0 Å². The first kappa shape index (κ1) is 31.7. The molecule has 0 aromatic carbocycles.